The van der Waals surface area contributed by atoms with Crippen LogP contribution in [0.15, 0.2) is 53.5 Å². The van der Waals surface area contributed by atoms with E-state index >= 15 is 0 Å². The summed E-state index contributed by atoms with van der Waals surface area (Å²) in [6.45, 7) is 3.43. The van der Waals surface area contributed by atoms with Crippen molar-refractivity contribution in [3.05, 3.63) is 59.7 Å². The molecule has 1 heterocycles. The van der Waals surface area contributed by atoms with Crippen LogP contribution < -0.4 is 0 Å². The molecule has 1 aliphatic heterocycles. The predicted octanol–water partition coefficient (Wildman–Crippen LogP) is 5.58. The van der Waals surface area contributed by atoms with Gasteiger partial charge in [0.2, 0.25) is 0 Å². The fraction of sp³-hybridized carbons (Fsp3) is 0.407. The highest BCUT2D eigenvalue weighted by molar-refractivity contribution is 6.08. The molecule has 2 aromatic carbocycles. The third kappa shape index (κ3) is 4.97. The summed E-state index contributed by atoms with van der Waals surface area (Å²) in [6, 6.07) is 14.2. The van der Waals surface area contributed by atoms with Gasteiger partial charge in [-0.3, -0.25) is 9.79 Å². The minimum atomic E-state index is -5.26. The SMILES string of the molecule is CCCCC1=NC(C)(C2(Cc3ccc(-c4ccccc4)c(C(=O)O)c3)CC2)C(=O)N1OC(=O)C(F)(F)F. The van der Waals surface area contributed by atoms with Crippen molar-refractivity contribution in [2.75, 3.05) is 0 Å². The standard InChI is InChI=1S/C27H27F3N2O5/c1-3-4-10-21-31-25(2,23(35)32(21)37-24(36)27(28,29)30)26(13-14-26)16-17-11-12-19(20(15-17)22(33)34)18-8-6-5-7-9-18/h5-9,11-12,15H,3-4,10,13-14,16H2,1-2H3,(H,33,34). The first-order valence-corrected chi connectivity index (χ1v) is 12.1. The number of carboxylic acids is 1. The van der Waals surface area contributed by atoms with Gasteiger partial charge in [-0.05, 0) is 55.4 Å². The highest BCUT2D eigenvalue weighted by Crippen LogP contribution is 2.60. The molecule has 196 valence electrons. The molecule has 0 aromatic heterocycles. The highest BCUT2D eigenvalue weighted by atomic mass is 19.4. The van der Waals surface area contributed by atoms with Crippen LogP contribution in [-0.4, -0.2) is 45.6 Å². The van der Waals surface area contributed by atoms with Gasteiger partial charge in [-0.2, -0.15) is 13.2 Å². The van der Waals surface area contributed by atoms with Crippen LogP contribution in [0.5, 0.6) is 0 Å². The number of hydroxylamine groups is 2. The number of amidine groups is 1. The van der Waals surface area contributed by atoms with E-state index < -0.39 is 35.0 Å². The summed E-state index contributed by atoms with van der Waals surface area (Å²) in [5.74, 6) is -4.42. The summed E-state index contributed by atoms with van der Waals surface area (Å²) in [5, 5.41) is 10.3. The summed E-state index contributed by atoms with van der Waals surface area (Å²) in [5.41, 5.74) is -0.128. The van der Waals surface area contributed by atoms with E-state index in [0.717, 1.165) is 5.56 Å². The number of amides is 1. The van der Waals surface area contributed by atoms with Gasteiger partial charge in [-0.25, -0.2) is 9.59 Å². The lowest BCUT2D eigenvalue weighted by molar-refractivity contribution is -0.225. The van der Waals surface area contributed by atoms with Gasteiger partial charge >= 0.3 is 18.1 Å². The van der Waals surface area contributed by atoms with Gasteiger partial charge in [0.1, 0.15) is 11.4 Å². The molecule has 10 heteroatoms. The second kappa shape index (κ2) is 9.64. The van der Waals surface area contributed by atoms with Crippen molar-refractivity contribution < 1.29 is 37.5 Å². The van der Waals surface area contributed by atoms with Crippen molar-refractivity contribution in [1.29, 1.82) is 0 Å². The number of hydrogen-bond acceptors (Lipinski definition) is 5. The molecule has 1 atom stereocenters. The molecule has 7 nitrogen and oxygen atoms in total. The van der Waals surface area contributed by atoms with Gasteiger partial charge in [0, 0.05) is 11.8 Å². The lowest BCUT2D eigenvalue weighted by atomic mass is 9.77. The van der Waals surface area contributed by atoms with Crippen LogP contribution in [0.4, 0.5) is 13.2 Å². The van der Waals surface area contributed by atoms with E-state index in [0.29, 0.717) is 41.9 Å². The van der Waals surface area contributed by atoms with Gasteiger partial charge in [-0.15, -0.1) is 5.06 Å². The molecule has 0 spiro atoms. The molecule has 1 saturated carbocycles. The summed E-state index contributed by atoms with van der Waals surface area (Å²) in [4.78, 5) is 46.1. The van der Waals surface area contributed by atoms with Gasteiger partial charge in [0.05, 0.1) is 5.56 Å². The molecule has 37 heavy (non-hydrogen) atoms. The zero-order valence-corrected chi connectivity index (χ0v) is 20.5. The summed E-state index contributed by atoms with van der Waals surface area (Å²) >= 11 is 0. The quantitative estimate of drug-likeness (QED) is 0.469. The van der Waals surface area contributed by atoms with E-state index in [-0.39, 0.29) is 24.2 Å². The molecule has 1 N–H and O–H groups in total. The maximum atomic E-state index is 13.4. The number of benzene rings is 2. The fourth-order valence-corrected chi connectivity index (χ4v) is 4.86. The Hall–Kier alpha value is -3.69. The number of carbonyl (C=O) groups excluding carboxylic acids is 2. The van der Waals surface area contributed by atoms with Crippen LogP contribution in [-0.2, 0) is 20.8 Å². The second-order valence-corrected chi connectivity index (χ2v) is 9.69. The van der Waals surface area contributed by atoms with Crippen molar-refractivity contribution in [3.8, 4) is 11.1 Å². The zero-order chi connectivity index (χ0) is 27.0. The molecule has 1 amide bonds. The Morgan fingerprint density at radius 1 is 1.14 bits per heavy atom. The lowest BCUT2D eigenvalue weighted by Crippen LogP contribution is -2.49. The first-order valence-electron chi connectivity index (χ1n) is 12.1. The molecule has 1 aliphatic carbocycles. The molecular formula is C27H27F3N2O5. The summed E-state index contributed by atoms with van der Waals surface area (Å²) in [7, 11) is 0. The van der Waals surface area contributed by atoms with E-state index in [4.69, 9.17) is 0 Å². The molecule has 1 unspecified atom stereocenters. The van der Waals surface area contributed by atoms with Gasteiger partial charge in [0.25, 0.3) is 5.91 Å². The third-order valence-corrected chi connectivity index (χ3v) is 7.18. The monoisotopic (exact) mass is 516 g/mol. The van der Waals surface area contributed by atoms with E-state index in [1.165, 1.54) is 0 Å². The molecule has 2 aromatic rings. The van der Waals surface area contributed by atoms with E-state index in [2.05, 4.69) is 9.83 Å². The number of alkyl halides is 3. The summed E-state index contributed by atoms with van der Waals surface area (Å²) in [6.07, 6.45) is -2.45. The van der Waals surface area contributed by atoms with E-state index in [9.17, 15) is 32.7 Å². The molecule has 0 radical (unpaired) electrons. The highest BCUT2D eigenvalue weighted by Gasteiger charge is 2.65. The topological polar surface area (TPSA) is 96.3 Å². The van der Waals surface area contributed by atoms with Crippen LogP contribution in [0.1, 0.15) is 61.9 Å². The Bertz CT molecular complexity index is 1250. The Kier molecular flexibility index (Phi) is 6.87. The number of rotatable bonds is 9. The number of halogens is 3. The molecule has 0 saturated heterocycles. The van der Waals surface area contributed by atoms with Crippen molar-refractivity contribution in [3.63, 3.8) is 0 Å². The Morgan fingerprint density at radius 3 is 2.38 bits per heavy atom. The average molecular weight is 517 g/mol. The molecule has 0 bridgehead atoms. The maximum Gasteiger partial charge on any atom is 0.493 e. The van der Waals surface area contributed by atoms with Crippen LogP contribution in [0, 0.1) is 5.41 Å². The first kappa shape index (κ1) is 26.4. The number of carboxylic acid groups (broad SMARTS) is 1. The number of aromatic carboxylic acids is 1. The van der Waals surface area contributed by atoms with Crippen LogP contribution >= 0.6 is 0 Å². The van der Waals surface area contributed by atoms with Crippen molar-refractivity contribution >= 4 is 23.7 Å². The van der Waals surface area contributed by atoms with Gasteiger partial charge in [-0.1, -0.05) is 55.8 Å². The third-order valence-electron chi connectivity index (χ3n) is 7.18. The van der Waals surface area contributed by atoms with Crippen molar-refractivity contribution in [2.45, 2.75) is 64.1 Å². The fourth-order valence-electron chi connectivity index (χ4n) is 4.86. The normalized spacial score (nSPS) is 20.5. The molecule has 4 rings (SSSR count). The summed E-state index contributed by atoms with van der Waals surface area (Å²) < 4.78 is 38.7. The molecule has 1 fully saturated rings. The number of hydrogen-bond donors (Lipinski definition) is 1. The Morgan fingerprint density at radius 2 is 1.81 bits per heavy atom. The van der Waals surface area contributed by atoms with Crippen LogP contribution in [0.25, 0.3) is 11.1 Å². The largest absolute Gasteiger partial charge is 0.493 e. The number of carbonyl (C=O) groups is 3. The van der Waals surface area contributed by atoms with Crippen LogP contribution in [0.2, 0.25) is 0 Å². The maximum absolute atomic E-state index is 13.4. The number of unbranched alkanes of at least 4 members (excludes halogenated alkanes) is 1. The number of nitrogens with zero attached hydrogens (tertiary/aromatic N) is 2. The van der Waals surface area contributed by atoms with Gasteiger partial charge in [0.15, 0.2) is 0 Å². The van der Waals surface area contributed by atoms with Crippen LogP contribution in [0.3, 0.4) is 0 Å². The lowest BCUT2D eigenvalue weighted by Gasteiger charge is -2.30. The minimum Gasteiger partial charge on any atom is -0.478 e. The second-order valence-electron chi connectivity index (χ2n) is 9.69. The van der Waals surface area contributed by atoms with E-state index in [1.54, 1.807) is 25.1 Å². The van der Waals surface area contributed by atoms with E-state index in [1.807, 2.05) is 37.3 Å². The van der Waals surface area contributed by atoms with Crippen molar-refractivity contribution in [2.24, 2.45) is 10.4 Å². The van der Waals surface area contributed by atoms with Gasteiger partial charge < -0.3 is 9.94 Å². The molecular weight excluding hydrogens is 489 g/mol. The average Bonchev–Trinajstić information content (AvgIpc) is 3.60. The zero-order valence-electron chi connectivity index (χ0n) is 20.5. The Balaban J connectivity index is 1.65. The smallest absolute Gasteiger partial charge is 0.478 e. The van der Waals surface area contributed by atoms with Crippen molar-refractivity contribution in [1.82, 2.24) is 5.06 Å². The first-order chi connectivity index (χ1) is 17.4. The Labute approximate surface area is 211 Å². The molecule has 2 aliphatic rings. The number of aliphatic imine (C=N–C) groups is 1. The predicted molar refractivity (Wildman–Crippen MR) is 129 cm³/mol. The minimum absolute atomic E-state index is 0.0103.